The number of anilines is 2. The number of rotatable bonds is 3. The van der Waals surface area contributed by atoms with E-state index < -0.39 is 0 Å². The molecule has 0 radical (unpaired) electrons. The lowest BCUT2D eigenvalue weighted by molar-refractivity contribution is 0.102. The molecule has 20 heavy (non-hydrogen) atoms. The van der Waals surface area contributed by atoms with Crippen molar-refractivity contribution in [1.82, 2.24) is 15.2 Å². The second-order valence-electron chi connectivity index (χ2n) is 4.85. The van der Waals surface area contributed by atoms with Gasteiger partial charge in [-0.15, -0.1) is 0 Å². The van der Waals surface area contributed by atoms with Crippen molar-refractivity contribution in [1.29, 1.82) is 0 Å². The standard InChI is InChI=1S/C13H15N5O2/c1-8-4-11(17-16-8)15-13(20)9-2-3-12(14-5-9)18-6-10(19)7-18/h2-5,10,19H,6-7H2,1H3,(H2,15,16,17,20). The molecule has 3 heterocycles. The number of amides is 1. The van der Waals surface area contributed by atoms with Crippen LogP contribution in [0.4, 0.5) is 11.6 Å². The Hall–Kier alpha value is -2.41. The van der Waals surface area contributed by atoms with E-state index in [1.807, 2.05) is 11.8 Å². The van der Waals surface area contributed by atoms with Crippen molar-refractivity contribution in [3.63, 3.8) is 0 Å². The van der Waals surface area contributed by atoms with Crippen molar-refractivity contribution in [2.24, 2.45) is 0 Å². The fourth-order valence-electron chi connectivity index (χ4n) is 2.02. The van der Waals surface area contributed by atoms with Gasteiger partial charge in [0.2, 0.25) is 0 Å². The summed E-state index contributed by atoms with van der Waals surface area (Å²) in [6.07, 6.45) is 1.25. The van der Waals surface area contributed by atoms with Gasteiger partial charge < -0.3 is 15.3 Å². The Kier molecular flexibility index (Phi) is 3.11. The first kappa shape index (κ1) is 12.6. The maximum Gasteiger partial charge on any atom is 0.258 e. The van der Waals surface area contributed by atoms with E-state index in [0.29, 0.717) is 24.5 Å². The zero-order valence-electron chi connectivity index (χ0n) is 11.0. The van der Waals surface area contributed by atoms with E-state index >= 15 is 0 Å². The van der Waals surface area contributed by atoms with Crippen LogP contribution in [0.2, 0.25) is 0 Å². The van der Waals surface area contributed by atoms with Crippen LogP contribution in [-0.2, 0) is 0 Å². The minimum absolute atomic E-state index is 0.251. The van der Waals surface area contributed by atoms with Crippen molar-refractivity contribution in [3.05, 3.63) is 35.7 Å². The van der Waals surface area contributed by atoms with Gasteiger partial charge in [-0.2, -0.15) is 5.10 Å². The number of aryl methyl sites for hydroxylation is 1. The predicted molar refractivity (Wildman–Crippen MR) is 73.7 cm³/mol. The van der Waals surface area contributed by atoms with Crippen LogP contribution < -0.4 is 10.2 Å². The minimum Gasteiger partial charge on any atom is -0.389 e. The molecule has 2 aromatic heterocycles. The van der Waals surface area contributed by atoms with Crippen LogP contribution in [0, 0.1) is 6.92 Å². The zero-order valence-corrected chi connectivity index (χ0v) is 11.0. The number of carbonyl (C=O) groups is 1. The molecule has 0 bridgehead atoms. The number of carbonyl (C=O) groups excluding carboxylic acids is 1. The highest BCUT2D eigenvalue weighted by molar-refractivity contribution is 6.03. The third-order valence-electron chi connectivity index (χ3n) is 3.14. The Labute approximate surface area is 115 Å². The molecular formula is C13H15N5O2. The average Bonchev–Trinajstić information content (AvgIpc) is 2.81. The molecule has 0 spiro atoms. The summed E-state index contributed by atoms with van der Waals surface area (Å²) in [5.74, 6) is 1.00. The summed E-state index contributed by atoms with van der Waals surface area (Å²) in [4.78, 5) is 18.2. The van der Waals surface area contributed by atoms with Crippen molar-refractivity contribution < 1.29 is 9.90 Å². The normalized spacial score (nSPS) is 15.0. The van der Waals surface area contributed by atoms with Crippen LogP contribution in [0.15, 0.2) is 24.4 Å². The fraction of sp³-hybridized carbons (Fsp3) is 0.308. The molecule has 7 nitrogen and oxygen atoms in total. The van der Waals surface area contributed by atoms with Crippen molar-refractivity contribution in [2.75, 3.05) is 23.3 Å². The molecule has 1 aliphatic rings. The van der Waals surface area contributed by atoms with E-state index in [9.17, 15) is 9.90 Å². The Morgan fingerprint density at radius 3 is 2.85 bits per heavy atom. The number of aliphatic hydroxyl groups excluding tert-OH is 1. The molecule has 3 N–H and O–H groups in total. The molecular weight excluding hydrogens is 258 g/mol. The third-order valence-corrected chi connectivity index (χ3v) is 3.14. The summed E-state index contributed by atoms with van der Waals surface area (Å²) in [5.41, 5.74) is 1.35. The fourth-order valence-corrected chi connectivity index (χ4v) is 2.02. The van der Waals surface area contributed by atoms with Crippen LogP contribution in [-0.4, -0.2) is 45.4 Å². The van der Waals surface area contributed by atoms with Crippen LogP contribution in [0.3, 0.4) is 0 Å². The molecule has 2 aromatic rings. The van der Waals surface area contributed by atoms with Crippen molar-refractivity contribution >= 4 is 17.5 Å². The number of nitrogens with zero attached hydrogens (tertiary/aromatic N) is 3. The summed E-state index contributed by atoms with van der Waals surface area (Å²) in [7, 11) is 0. The average molecular weight is 273 g/mol. The van der Waals surface area contributed by atoms with Gasteiger partial charge in [-0.1, -0.05) is 0 Å². The van der Waals surface area contributed by atoms with E-state index in [2.05, 4.69) is 20.5 Å². The van der Waals surface area contributed by atoms with Gasteiger partial charge in [0.1, 0.15) is 5.82 Å². The number of β-amino-alcohol motifs (C(OH)–C–C–N with tert-alkyl or cyclic N) is 1. The molecule has 1 amide bonds. The van der Waals surface area contributed by atoms with E-state index in [4.69, 9.17) is 0 Å². The van der Waals surface area contributed by atoms with Gasteiger partial charge >= 0.3 is 0 Å². The molecule has 1 fully saturated rings. The first-order chi connectivity index (χ1) is 9.61. The van der Waals surface area contributed by atoms with Gasteiger partial charge in [-0.05, 0) is 19.1 Å². The molecule has 7 heteroatoms. The Morgan fingerprint density at radius 1 is 1.50 bits per heavy atom. The van der Waals surface area contributed by atoms with Crippen molar-refractivity contribution in [3.8, 4) is 0 Å². The van der Waals surface area contributed by atoms with E-state index in [0.717, 1.165) is 11.5 Å². The first-order valence-electron chi connectivity index (χ1n) is 6.34. The topological polar surface area (TPSA) is 94.1 Å². The third kappa shape index (κ3) is 2.48. The zero-order chi connectivity index (χ0) is 14.1. The maximum atomic E-state index is 12.0. The van der Waals surface area contributed by atoms with Crippen LogP contribution >= 0.6 is 0 Å². The van der Waals surface area contributed by atoms with Gasteiger partial charge in [0, 0.05) is 31.0 Å². The number of H-pyrrole nitrogens is 1. The number of nitrogens with one attached hydrogen (secondary N) is 2. The highest BCUT2D eigenvalue weighted by Crippen LogP contribution is 2.18. The predicted octanol–water partition coefficient (Wildman–Crippen LogP) is 0.546. The first-order valence-corrected chi connectivity index (χ1v) is 6.34. The molecule has 1 saturated heterocycles. The molecule has 3 rings (SSSR count). The number of aromatic amines is 1. The number of hydrogen-bond acceptors (Lipinski definition) is 5. The van der Waals surface area contributed by atoms with Crippen molar-refractivity contribution in [2.45, 2.75) is 13.0 Å². The van der Waals surface area contributed by atoms with E-state index in [1.165, 1.54) is 6.20 Å². The van der Waals surface area contributed by atoms with Crippen LogP contribution in [0.1, 0.15) is 16.1 Å². The molecule has 104 valence electrons. The van der Waals surface area contributed by atoms with Crippen LogP contribution in [0.25, 0.3) is 0 Å². The maximum absolute atomic E-state index is 12.0. The van der Waals surface area contributed by atoms with Gasteiger partial charge in [-0.3, -0.25) is 9.89 Å². The summed E-state index contributed by atoms with van der Waals surface area (Å²) >= 11 is 0. The Morgan fingerprint density at radius 2 is 2.30 bits per heavy atom. The van der Waals surface area contributed by atoms with Gasteiger partial charge in [0.25, 0.3) is 5.91 Å². The summed E-state index contributed by atoms with van der Waals surface area (Å²) in [6.45, 7) is 3.04. The van der Waals surface area contributed by atoms with Gasteiger partial charge in [-0.25, -0.2) is 4.98 Å². The molecule has 0 saturated carbocycles. The number of aliphatic hydroxyl groups is 1. The summed E-state index contributed by atoms with van der Waals surface area (Å²) < 4.78 is 0. The molecule has 0 atom stereocenters. The quantitative estimate of drug-likeness (QED) is 0.759. The minimum atomic E-state index is -0.275. The lowest BCUT2D eigenvalue weighted by Crippen LogP contribution is -2.51. The smallest absolute Gasteiger partial charge is 0.258 e. The largest absolute Gasteiger partial charge is 0.389 e. The Bertz CT molecular complexity index is 616. The van der Waals surface area contributed by atoms with E-state index in [-0.39, 0.29) is 12.0 Å². The van der Waals surface area contributed by atoms with Gasteiger partial charge in [0.15, 0.2) is 5.82 Å². The molecule has 1 aliphatic heterocycles. The summed E-state index contributed by atoms with van der Waals surface area (Å²) in [5, 5.41) is 18.6. The number of hydrogen-bond donors (Lipinski definition) is 3. The lowest BCUT2D eigenvalue weighted by Gasteiger charge is -2.36. The van der Waals surface area contributed by atoms with E-state index in [1.54, 1.807) is 18.2 Å². The Balaban J connectivity index is 1.66. The summed E-state index contributed by atoms with van der Waals surface area (Å²) in [6, 6.07) is 5.24. The second kappa shape index (κ2) is 4.93. The SMILES string of the molecule is Cc1cc(NC(=O)c2ccc(N3CC(O)C3)nc2)n[nH]1. The monoisotopic (exact) mass is 273 g/mol. The molecule has 0 aliphatic carbocycles. The highest BCUT2D eigenvalue weighted by atomic mass is 16.3. The molecule has 0 aromatic carbocycles. The van der Waals surface area contributed by atoms with Gasteiger partial charge in [0.05, 0.1) is 11.7 Å². The second-order valence-corrected chi connectivity index (χ2v) is 4.85. The lowest BCUT2D eigenvalue weighted by atomic mass is 10.1. The highest BCUT2D eigenvalue weighted by Gasteiger charge is 2.25. The van der Waals surface area contributed by atoms with Crippen LogP contribution in [0.5, 0.6) is 0 Å². The molecule has 0 unspecified atom stereocenters. The number of aromatic nitrogens is 3. The number of pyridine rings is 1.